The van der Waals surface area contributed by atoms with Crippen LogP contribution in [0, 0.1) is 0 Å². The van der Waals surface area contributed by atoms with Crippen molar-refractivity contribution in [2.45, 2.75) is 19.4 Å². The van der Waals surface area contributed by atoms with Crippen molar-refractivity contribution in [3.63, 3.8) is 0 Å². The molecule has 2 nitrogen and oxygen atoms in total. The Hall–Kier alpha value is -1.28. The van der Waals surface area contributed by atoms with Gasteiger partial charge in [-0.3, -0.25) is 0 Å². The van der Waals surface area contributed by atoms with E-state index in [2.05, 4.69) is 24.0 Å². The number of rotatable bonds is 7. The van der Waals surface area contributed by atoms with Crippen LogP contribution in [-0.2, 0) is 6.54 Å². The molecule has 82 valence electrons. The number of ether oxygens (including phenoxy) is 1. The third-order valence-electron chi connectivity index (χ3n) is 2.23. The Morgan fingerprint density at radius 1 is 1.47 bits per heavy atom. The SMILES string of the molecule is C=CCCCNCc1cccc(OC)c1. The first-order chi connectivity index (χ1) is 7.36. The molecule has 0 bridgehead atoms. The van der Waals surface area contributed by atoms with Gasteiger partial charge in [0.1, 0.15) is 5.75 Å². The van der Waals surface area contributed by atoms with Crippen molar-refractivity contribution in [3.8, 4) is 5.75 Å². The number of allylic oxidation sites excluding steroid dienone is 1. The van der Waals surface area contributed by atoms with E-state index in [-0.39, 0.29) is 0 Å². The molecular formula is C13H19NO. The maximum absolute atomic E-state index is 5.16. The molecule has 0 amide bonds. The van der Waals surface area contributed by atoms with Crippen molar-refractivity contribution >= 4 is 0 Å². The monoisotopic (exact) mass is 205 g/mol. The lowest BCUT2D eigenvalue weighted by Crippen LogP contribution is -2.14. The number of unbranched alkanes of at least 4 members (excludes halogenated alkanes) is 1. The summed E-state index contributed by atoms with van der Waals surface area (Å²) in [6.07, 6.45) is 4.17. The summed E-state index contributed by atoms with van der Waals surface area (Å²) >= 11 is 0. The molecule has 15 heavy (non-hydrogen) atoms. The van der Waals surface area contributed by atoms with Gasteiger partial charge in [0, 0.05) is 6.54 Å². The van der Waals surface area contributed by atoms with Gasteiger partial charge in [-0.15, -0.1) is 6.58 Å². The van der Waals surface area contributed by atoms with E-state index in [1.807, 2.05) is 18.2 Å². The minimum Gasteiger partial charge on any atom is -0.497 e. The Morgan fingerprint density at radius 2 is 2.33 bits per heavy atom. The van der Waals surface area contributed by atoms with E-state index >= 15 is 0 Å². The van der Waals surface area contributed by atoms with Gasteiger partial charge in [-0.1, -0.05) is 18.2 Å². The predicted octanol–water partition coefficient (Wildman–Crippen LogP) is 2.75. The predicted molar refractivity (Wildman–Crippen MR) is 64.1 cm³/mol. The Labute approximate surface area is 92.0 Å². The topological polar surface area (TPSA) is 21.3 Å². The van der Waals surface area contributed by atoms with E-state index in [1.165, 1.54) is 5.56 Å². The second kappa shape index (κ2) is 7.07. The lowest BCUT2D eigenvalue weighted by atomic mass is 10.2. The third-order valence-corrected chi connectivity index (χ3v) is 2.23. The number of hydrogen-bond acceptors (Lipinski definition) is 2. The highest BCUT2D eigenvalue weighted by Crippen LogP contribution is 2.11. The summed E-state index contributed by atoms with van der Waals surface area (Å²) in [4.78, 5) is 0. The van der Waals surface area contributed by atoms with Crippen LogP contribution in [0.25, 0.3) is 0 Å². The normalized spacial score (nSPS) is 9.93. The Bertz CT molecular complexity index is 296. The van der Waals surface area contributed by atoms with Crippen molar-refractivity contribution in [3.05, 3.63) is 42.5 Å². The zero-order chi connectivity index (χ0) is 10.9. The average Bonchev–Trinajstić information content (AvgIpc) is 2.29. The third kappa shape index (κ3) is 4.66. The molecule has 0 aliphatic rings. The van der Waals surface area contributed by atoms with Gasteiger partial charge < -0.3 is 10.1 Å². The fraction of sp³-hybridized carbons (Fsp3) is 0.385. The minimum atomic E-state index is 0.897. The van der Waals surface area contributed by atoms with E-state index in [0.717, 1.165) is 31.7 Å². The van der Waals surface area contributed by atoms with Crippen LogP contribution >= 0.6 is 0 Å². The maximum Gasteiger partial charge on any atom is 0.119 e. The molecule has 0 heterocycles. The van der Waals surface area contributed by atoms with Crippen LogP contribution < -0.4 is 10.1 Å². The Balaban J connectivity index is 2.27. The number of nitrogens with one attached hydrogen (secondary N) is 1. The smallest absolute Gasteiger partial charge is 0.119 e. The molecule has 0 aliphatic heterocycles. The van der Waals surface area contributed by atoms with Crippen LogP contribution in [0.3, 0.4) is 0 Å². The van der Waals surface area contributed by atoms with Crippen molar-refractivity contribution < 1.29 is 4.74 Å². The van der Waals surface area contributed by atoms with Gasteiger partial charge in [-0.25, -0.2) is 0 Å². The molecule has 0 aliphatic carbocycles. The van der Waals surface area contributed by atoms with E-state index in [9.17, 15) is 0 Å². The first-order valence-corrected chi connectivity index (χ1v) is 5.31. The highest BCUT2D eigenvalue weighted by atomic mass is 16.5. The highest BCUT2D eigenvalue weighted by Gasteiger charge is 1.94. The summed E-state index contributed by atoms with van der Waals surface area (Å²) in [5.74, 6) is 0.917. The van der Waals surface area contributed by atoms with Crippen molar-refractivity contribution in [2.75, 3.05) is 13.7 Å². The van der Waals surface area contributed by atoms with E-state index in [0.29, 0.717) is 0 Å². The lowest BCUT2D eigenvalue weighted by molar-refractivity contribution is 0.414. The van der Waals surface area contributed by atoms with Gasteiger partial charge in [0.2, 0.25) is 0 Å². The Morgan fingerprint density at radius 3 is 3.07 bits per heavy atom. The molecule has 0 radical (unpaired) electrons. The van der Waals surface area contributed by atoms with Gasteiger partial charge in [0.25, 0.3) is 0 Å². The van der Waals surface area contributed by atoms with Crippen LogP contribution in [0.15, 0.2) is 36.9 Å². The van der Waals surface area contributed by atoms with Crippen LogP contribution in [0.1, 0.15) is 18.4 Å². The van der Waals surface area contributed by atoms with Gasteiger partial charge in [-0.05, 0) is 37.1 Å². The van der Waals surface area contributed by atoms with Gasteiger partial charge >= 0.3 is 0 Å². The average molecular weight is 205 g/mol. The van der Waals surface area contributed by atoms with E-state index < -0.39 is 0 Å². The quantitative estimate of drug-likeness (QED) is 0.546. The molecule has 2 heteroatoms. The zero-order valence-corrected chi connectivity index (χ0v) is 9.33. The summed E-state index contributed by atoms with van der Waals surface area (Å²) in [5, 5.41) is 3.38. The molecule has 0 saturated heterocycles. The van der Waals surface area contributed by atoms with E-state index in [1.54, 1.807) is 7.11 Å². The fourth-order valence-corrected chi connectivity index (χ4v) is 1.39. The van der Waals surface area contributed by atoms with Crippen molar-refractivity contribution in [2.24, 2.45) is 0 Å². The van der Waals surface area contributed by atoms with Crippen LogP contribution in [0.2, 0.25) is 0 Å². The number of hydrogen-bond donors (Lipinski definition) is 1. The molecule has 0 unspecified atom stereocenters. The Kier molecular flexibility index (Phi) is 5.56. The molecule has 0 fully saturated rings. The molecule has 1 rings (SSSR count). The first kappa shape index (κ1) is 11.8. The summed E-state index contributed by atoms with van der Waals surface area (Å²) in [6, 6.07) is 8.13. The molecule has 1 N–H and O–H groups in total. The molecule has 0 saturated carbocycles. The second-order valence-corrected chi connectivity index (χ2v) is 3.46. The molecule has 1 aromatic carbocycles. The molecule has 1 aromatic rings. The fourth-order valence-electron chi connectivity index (χ4n) is 1.39. The number of benzene rings is 1. The summed E-state index contributed by atoms with van der Waals surface area (Å²) in [7, 11) is 1.69. The van der Waals surface area contributed by atoms with Crippen molar-refractivity contribution in [1.29, 1.82) is 0 Å². The lowest BCUT2D eigenvalue weighted by Gasteiger charge is -2.05. The minimum absolute atomic E-state index is 0.897. The number of methoxy groups -OCH3 is 1. The van der Waals surface area contributed by atoms with Crippen molar-refractivity contribution in [1.82, 2.24) is 5.32 Å². The summed E-state index contributed by atoms with van der Waals surface area (Å²) in [5.41, 5.74) is 1.26. The van der Waals surface area contributed by atoms with Crippen LogP contribution in [0.4, 0.5) is 0 Å². The van der Waals surface area contributed by atoms with Crippen LogP contribution in [-0.4, -0.2) is 13.7 Å². The molecule has 0 spiro atoms. The second-order valence-electron chi connectivity index (χ2n) is 3.46. The van der Waals surface area contributed by atoms with Gasteiger partial charge in [-0.2, -0.15) is 0 Å². The summed E-state index contributed by atoms with van der Waals surface area (Å²) in [6.45, 7) is 5.62. The molecule has 0 aromatic heterocycles. The highest BCUT2D eigenvalue weighted by molar-refractivity contribution is 5.28. The maximum atomic E-state index is 5.16. The summed E-state index contributed by atoms with van der Waals surface area (Å²) < 4.78 is 5.16. The largest absolute Gasteiger partial charge is 0.497 e. The molecular weight excluding hydrogens is 186 g/mol. The zero-order valence-electron chi connectivity index (χ0n) is 9.33. The van der Waals surface area contributed by atoms with Gasteiger partial charge in [0.05, 0.1) is 7.11 Å². The first-order valence-electron chi connectivity index (χ1n) is 5.31. The standard InChI is InChI=1S/C13H19NO/c1-3-4-5-9-14-11-12-7-6-8-13(10-12)15-2/h3,6-8,10,14H,1,4-5,9,11H2,2H3. The molecule has 0 atom stereocenters. The van der Waals surface area contributed by atoms with E-state index in [4.69, 9.17) is 4.74 Å². The van der Waals surface area contributed by atoms with Gasteiger partial charge in [0.15, 0.2) is 0 Å². The van der Waals surface area contributed by atoms with Crippen LogP contribution in [0.5, 0.6) is 5.75 Å².